The van der Waals surface area contributed by atoms with E-state index in [1.165, 1.54) is 52.0 Å². The number of carbonyl (C=O) groups is 8. The molecule has 19 atom stereocenters. The zero-order valence-corrected chi connectivity index (χ0v) is 50.4. The van der Waals surface area contributed by atoms with E-state index < -0.39 is 176 Å². The summed E-state index contributed by atoms with van der Waals surface area (Å²) in [5.41, 5.74) is -9.18. The molecule has 3 aromatic carbocycles. The van der Waals surface area contributed by atoms with E-state index in [1.54, 1.807) is 91.8 Å². The van der Waals surface area contributed by atoms with Crippen LogP contribution in [0.15, 0.2) is 66.4 Å². The highest BCUT2D eigenvalue weighted by atomic mass is 16.6. The van der Waals surface area contributed by atoms with Gasteiger partial charge in [-0.15, -0.1) is 0 Å². The van der Waals surface area contributed by atoms with Crippen LogP contribution in [0.4, 0.5) is 0 Å². The lowest BCUT2D eigenvalue weighted by Crippen LogP contribution is -2.77. The topological polar surface area (TPSA) is 296 Å². The van der Waals surface area contributed by atoms with Crippen molar-refractivity contribution < 1.29 is 96.3 Å². The third-order valence-corrected chi connectivity index (χ3v) is 21.0. The number of amides is 1. The second-order valence-corrected chi connectivity index (χ2v) is 28.1. The lowest BCUT2D eigenvalue weighted by molar-refractivity contribution is -0.285. The van der Waals surface area contributed by atoms with Crippen LogP contribution in [0, 0.1) is 68.5 Å². The molecule has 4 aliphatic heterocycles. The van der Waals surface area contributed by atoms with Gasteiger partial charge < -0.3 is 63.3 Å². The van der Waals surface area contributed by atoms with Crippen LogP contribution < -0.4 is 19.5 Å². The molecule has 86 heavy (non-hydrogen) atoms. The monoisotopic (exact) mass is 1190 g/mol. The molecule has 12 rings (SSSR count). The molecular formula is C65H73NO20. The van der Waals surface area contributed by atoms with Crippen LogP contribution >= 0.6 is 0 Å². The molecule has 5 aliphatic carbocycles. The van der Waals surface area contributed by atoms with E-state index in [-0.39, 0.29) is 46.3 Å². The van der Waals surface area contributed by atoms with Crippen molar-refractivity contribution >= 4 is 47.7 Å². The van der Waals surface area contributed by atoms with Crippen LogP contribution in [0.2, 0.25) is 0 Å². The minimum atomic E-state index is -2.18. The summed E-state index contributed by atoms with van der Waals surface area (Å²) in [7, 11) is 0. The second-order valence-electron chi connectivity index (χ2n) is 28.1. The van der Waals surface area contributed by atoms with Gasteiger partial charge in [0.25, 0.3) is 5.91 Å². The average molecular weight is 1190 g/mol. The number of hydrogen-bond acceptors (Lipinski definition) is 20. The van der Waals surface area contributed by atoms with Gasteiger partial charge in [0, 0.05) is 83.7 Å². The molecule has 4 heterocycles. The number of rotatable bonds is 7. The molecule has 6 fully saturated rings. The molecule has 0 aromatic heterocycles. The van der Waals surface area contributed by atoms with Gasteiger partial charge in [-0.05, 0) is 128 Å². The molecule has 21 heteroatoms. The first-order chi connectivity index (χ1) is 40.0. The van der Waals surface area contributed by atoms with Crippen molar-refractivity contribution in [3.05, 3.63) is 94.2 Å². The van der Waals surface area contributed by atoms with E-state index >= 15 is 4.79 Å². The SMILES string of the molecule is CC(=O)O[C@H]1[C@H]2[C@@H]([C@@H](O)[C@@H](NC(=O)c3ccc4c(c3)C(=O)OC43c4ccc(OC(=O)C(C)(C)C)cc4Oc4cc(OC(=O)C(C)(C)C)ccc43)[C@H]3C[C@@H]4O[C@@H]4[C@H](OC(C)=O)[C@]23C)[C@@H]2[C@@H](O)[C@@H]3[C@H]([C@H](C)C=C4OC(=O)[C@@](C)(O)[C@@]43C)[C@@]2(C)[C@H]1OC(C)=O. The lowest BCUT2D eigenvalue weighted by Gasteiger charge is -2.67. The number of allylic oxidation sites excluding steroid dienone is 1. The van der Waals surface area contributed by atoms with Gasteiger partial charge in [-0.1, -0.05) is 26.8 Å². The summed E-state index contributed by atoms with van der Waals surface area (Å²) in [5, 5.41) is 42.4. The first-order valence-electron chi connectivity index (χ1n) is 29.3. The summed E-state index contributed by atoms with van der Waals surface area (Å²) in [6, 6.07) is 12.5. The Bertz CT molecular complexity index is 3460. The van der Waals surface area contributed by atoms with E-state index in [9.17, 15) is 48.9 Å². The van der Waals surface area contributed by atoms with Crippen LogP contribution in [-0.4, -0.2) is 117 Å². The Hall–Kier alpha value is -7.20. The number of nitrogens with one attached hydrogen (secondary N) is 1. The van der Waals surface area contributed by atoms with Crippen molar-refractivity contribution in [2.45, 2.75) is 163 Å². The molecule has 21 nitrogen and oxygen atoms in total. The third-order valence-electron chi connectivity index (χ3n) is 21.0. The van der Waals surface area contributed by atoms with Gasteiger partial charge in [0.2, 0.25) is 0 Å². The Morgan fingerprint density at radius 1 is 0.663 bits per heavy atom. The van der Waals surface area contributed by atoms with Crippen LogP contribution in [0.1, 0.15) is 141 Å². The number of aliphatic hydroxyl groups is 3. The molecule has 0 radical (unpaired) electrons. The van der Waals surface area contributed by atoms with E-state index in [1.807, 2.05) is 13.8 Å². The zero-order chi connectivity index (χ0) is 62.4. The highest BCUT2D eigenvalue weighted by Gasteiger charge is 2.83. The van der Waals surface area contributed by atoms with E-state index in [0.29, 0.717) is 16.7 Å². The quantitative estimate of drug-likeness (QED) is 0.0844. The number of ether oxygens (including phenoxy) is 9. The number of benzene rings is 3. The van der Waals surface area contributed by atoms with Crippen LogP contribution in [0.3, 0.4) is 0 Å². The van der Waals surface area contributed by atoms with Crippen molar-refractivity contribution in [2.75, 3.05) is 0 Å². The molecule has 0 bridgehead atoms. The molecule has 458 valence electrons. The fourth-order valence-corrected chi connectivity index (χ4v) is 17.1. The molecule has 2 saturated heterocycles. The van der Waals surface area contributed by atoms with Crippen molar-refractivity contribution in [1.82, 2.24) is 5.32 Å². The molecule has 1 amide bonds. The molecule has 9 aliphatic rings. The Morgan fingerprint density at radius 2 is 1.22 bits per heavy atom. The Balaban J connectivity index is 0.975. The minimum absolute atomic E-state index is 0.0138. The van der Waals surface area contributed by atoms with Crippen molar-refractivity contribution in [2.24, 2.45) is 68.5 Å². The maximum absolute atomic E-state index is 15.4. The fourth-order valence-electron chi connectivity index (χ4n) is 17.1. The van der Waals surface area contributed by atoms with Gasteiger partial charge in [0.05, 0.1) is 46.2 Å². The standard InChI is InChI=1S/C65H73NO20/c1-26-21-41-63(13,64(14,77)58(76)85-41)46-43(26)62(12)44(49(46)71)42-45(51(78-27(2)67)53(62)80-29(4)69)61(11)37(25-40-50(84-40)52(61)79-28(3)68)47(48(42)70)66-54(72)30-15-18-34-33(22-30)55(73)86-65(34)35-19-16-31(81-56(74)59(5,6)7)23-38(35)83-39-24-32(17-20-36(39)65)82-57(75)60(8,9)10/h15-24,26,37,40,42-53,70-71,77H,25H2,1-14H3,(H,66,72)/t26-,37-,40+,42+,43+,44-,45-,46+,47+,48-,49-,50+,51+,52+,53+,61+,62-,63+,64-/m1/s1. The van der Waals surface area contributed by atoms with Gasteiger partial charge in [0.15, 0.2) is 11.2 Å². The maximum Gasteiger partial charge on any atom is 0.343 e. The van der Waals surface area contributed by atoms with Crippen molar-refractivity contribution in [1.29, 1.82) is 0 Å². The number of hydrogen-bond donors (Lipinski definition) is 4. The number of aliphatic hydroxyl groups excluding tert-OH is 2. The predicted molar refractivity (Wildman–Crippen MR) is 297 cm³/mol. The highest BCUT2D eigenvalue weighted by molar-refractivity contribution is 6.02. The largest absolute Gasteiger partial charge is 0.459 e. The second kappa shape index (κ2) is 19.1. The van der Waals surface area contributed by atoms with Crippen molar-refractivity contribution in [3.63, 3.8) is 0 Å². The van der Waals surface area contributed by atoms with Crippen LogP contribution in [0.25, 0.3) is 0 Å². The fraction of sp³-hybridized carbons (Fsp3) is 0.569. The zero-order valence-electron chi connectivity index (χ0n) is 50.4. The Kier molecular flexibility index (Phi) is 13.2. The normalized spacial score (nSPS) is 37.9. The van der Waals surface area contributed by atoms with Crippen LogP contribution in [0.5, 0.6) is 23.0 Å². The Labute approximate surface area is 496 Å². The summed E-state index contributed by atoms with van der Waals surface area (Å²) in [5.74, 6) is -11.7. The number of esters is 7. The number of carbonyl (C=O) groups excluding carboxylic acids is 8. The predicted octanol–water partition coefficient (Wildman–Crippen LogP) is 6.54. The van der Waals surface area contributed by atoms with E-state index in [0.717, 1.165) is 0 Å². The summed E-state index contributed by atoms with van der Waals surface area (Å²) >= 11 is 0. The third kappa shape index (κ3) is 8.21. The maximum atomic E-state index is 15.4. The van der Waals surface area contributed by atoms with Gasteiger partial charge >= 0.3 is 41.8 Å². The highest BCUT2D eigenvalue weighted by Crippen LogP contribution is 2.76. The first-order valence-corrected chi connectivity index (χ1v) is 29.3. The van der Waals surface area contributed by atoms with Gasteiger partial charge in [-0.3, -0.25) is 28.8 Å². The molecule has 0 unspecified atom stereocenters. The van der Waals surface area contributed by atoms with Gasteiger partial charge in [0.1, 0.15) is 53.2 Å². The minimum Gasteiger partial charge on any atom is -0.459 e. The smallest absolute Gasteiger partial charge is 0.343 e. The molecule has 4 saturated carbocycles. The first kappa shape index (κ1) is 59.1. The van der Waals surface area contributed by atoms with Gasteiger partial charge in [-0.25, -0.2) is 9.59 Å². The van der Waals surface area contributed by atoms with Crippen molar-refractivity contribution in [3.8, 4) is 23.0 Å². The lowest BCUT2D eigenvalue weighted by atomic mass is 9.40. The number of epoxide rings is 1. The Morgan fingerprint density at radius 3 is 1.78 bits per heavy atom. The van der Waals surface area contributed by atoms with Crippen LogP contribution in [-0.2, 0) is 62.8 Å². The number of fused-ring (bicyclic) bond motifs is 16. The summed E-state index contributed by atoms with van der Waals surface area (Å²) in [4.78, 5) is 111. The summed E-state index contributed by atoms with van der Waals surface area (Å²) < 4.78 is 55.6. The average Bonchev–Trinajstić information content (AvgIpc) is 1.41. The summed E-state index contributed by atoms with van der Waals surface area (Å²) in [6.07, 6.45) is -6.28. The molecule has 1 spiro atoms. The van der Waals surface area contributed by atoms with Gasteiger partial charge in [-0.2, -0.15) is 0 Å². The van der Waals surface area contributed by atoms with E-state index in [2.05, 4.69) is 5.32 Å². The molecule has 3 aromatic rings. The summed E-state index contributed by atoms with van der Waals surface area (Å²) in [6.45, 7) is 22.3. The molecule has 4 N–H and O–H groups in total. The van der Waals surface area contributed by atoms with E-state index in [4.69, 9.17) is 42.6 Å². The molecular weight excluding hydrogens is 1110 g/mol.